The van der Waals surface area contributed by atoms with Crippen LogP contribution >= 0.6 is 0 Å². The number of carbonyl (C=O) groups is 1. The Hall–Kier alpha value is -1.48. The maximum absolute atomic E-state index is 11.9. The summed E-state index contributed by atoms with van der Waals surface area (Å²) in [6, 6.07) is 2.04. The smallest absolute Gasteiger partial charge is 0.243 e. The van der Waals surface area contributed by atoms with Crippen LogP contribution in [0.5, 0.6) is 0 Å². The topological polar surface area (TPSA) is 44.1 Å². The van der Waals surface area contributed by atoms with E-state index in [4.69, 9.17) is 11.7 Å². The Morgan fingerprint density at radius 1 is 1.57 bits per heavy atom. The van der Waals surface area contributed by atoms with E-state index in [9.17, 15) is 4.79 Å². The van der Waals surface area contributed by atoms with Gasteiger partial charge in [-0.15, -0.1) is 6.42 Å². The highest BCUT2D eigenvalue weighted by Gasteiger charge is 2.34. The molecule has 0 fully saturated rings. The molecule has 0 aliphatic heterocycles. The normalized spacial score (nSPS) is 13.5. The molecule has 0 heterocycles. The number of rotatable bonds is 4. The van der Waals surface area contributed by atoms with Crippen molar-refractivity contribution in [3.63, 3.8) is 0 Å². The maximum Gasteiger partial charge on any atom is 0.243 e. The van der Waals surface area contributed by atoms with Gasteiger partial charge in [0.25, 0.3) is 0 Å². The number of terminal acetylenes is 1. The van der Waals surface area contributed by atoms with Crippen LogP contribution in [0.15, 0.2) is 0 Å². The Kier molecular flexibility index (Phi) is 4.73. The molecule has 0 aromatic rings. The first-order valence-corrected chi connectivity index (χ1v) is 4.69. The third-order valence-electron chi connectivity index (χ3n) is 2.38. The first-order chi connectivity index (χ1) is 6.55. The summed E-state index contributed by atoms with van der Waals surface area (Å²) >= 11 is 0. The van der Waals surface area contributed by atoms with Gasteiger partial charge in [-0.2, -0.15) is 5.26 Å². The molecule has 0 spiro atoms. The van der Waals surface area contributed by atoms with Crippen molar-refractivity contribution in [1.82, 2.24) is 4.90 Å². The Balaban J connectivity index is 4.75. The Morgan fingerprint density at radius 3 is 2.43 bits per heavy atom. The number of nitrogens with zero attached hydrogens (tertiary/aromatic N) is 2. The lowest BCUT2D eigenvalue weighted by Gasteiger charge is -2.26. The van der Waals surface area contributed by atoms with E-state index in [1.165, 1.54) is 4.90 Å². The highest BCUT2D eigenvalue weighted by Crippen LogP contribution is 2.22. The molecule has 0 aromatic carbocycles. The van der Waals surface area contributed by atoms with Crippen LogP contribution in [0.2, 0.25) is 0 Å². The molecule has 0 saturated carbocycles. The van der Waals surface area contributed by atoms with Crippen molar-refractivity contribution in [3.8, 4) is 18.4 Å². The van der Waals surface area contributed by atoms with Crippen LogP contribution in [-0.4, -0.2) is 23.9 Å². The minimum atomic E-state index is -0.938. The second-order valence-electron chi connectivity index (χ2n) is 3.32. The predicted octanol–water partition coefficient (Wildman–Crippen LogP) is 1.41. The largest absolute Gasteiger partial charge is 0.330 e. The lowest BCUT2D eigenvalue weighted by atomic mass is 9.88. The van der Waals surface area contributed by atoms with Crippen LogP contribution in [0.3, 0.4) is 0 Å². The van der Waals surface area contributed by atoms with Gasteiger partial charge in [0.2, 0.25) is 5.91 Å². The number of amides is 1. The van der Waals surface area contributed by atoms with Crippen LogP contribution in [0.4, 0.5) is 0 Å². The minimum Gasteiger partial charge on any atom is -0.330 e. The summed E-state index contributed by atoms with van der Waals surface area (Å²) in [7, 11) is 0. The van der Waals surface area contributed by atoms with E-state index in [0.29, 0.717) is 13.0 Å². The maximum atomic E-state index is 11.9. The Bertz CT molecular complexity index is 285. The quantitative estimate of drug-likeness (QED) is 0.632. The van der Waals surface area contributed by atoms with Crippen LogP contribution < -0.4 is 0 Å². The van der Waals surface area contributed by atoms with Gasteiger partial charge in [-0.05, 0) is 20.3 Å². The molecule has 1 amide bonds. The van der Waals surface area contributed by atoms with Gasteiger partial charge in [0.1, 0.15) is 5.41 Å². The van der Waals surface area contributed by atoms with Gasteiger partial charge in [-0.1, -0.05) is 12.8 Å². The van der Waals surface area contributed by atoms with E-state index in [2.05, 4.69) is 5.92 Å². The molecule has 0 radical (unpaired) electrons. The fraction of sp³-hybridized carbons (Fsp3) is 0.636. The van der Waals surface area contributed by atoms with Gasteiger partial charge in [0, 0.05) is 6.54 Å². The van der Waals surface area contributed by atoms with Gasteiger partial charge < -0.3 is 4.90 Å². The molecule has 0 aromatic heterocycles. The Labute approximate surface area is 85.7 Å². The first kappa shape index (κ1) is 12.5. The molecule has 1 unspecified atom stereocenters. The molecule has 14 heavy (non-hydrogen) atoms. The molecule has 3 heteroatoms. The van der Waals surface area contributed by atoms with E-state index >= 15 is 0 Å². The Morgan fingerprint density at radius 2 is 2.14 bits per heavy atom. The van der Waals surface area contributed by atoms with Crippen LogP contribution in [0, 0.1) is 29.1 Å². The number of carbonyl (C=O) groups excluding carboxylic acids is 1. The van der Waals surface area contributed by atoms with E-state index in [-0.39, 0.29) is 12.5 Å². The second-order valence-corrected chi connectivity index (χ2v) is 3.32. The molecule has 0 saturated heterocycles. The molecule has 0 bridgehead atoms. The number of hydrogen-bond donors (Lipinski definition) is 0. The average Bonchev–Trinajstić information content (AvgIpc) is 2.23. The zero-order valence-electron chi connectivity index (χ0n) is 9.00. The lowest BCUT2D eigenvalue weighted by molar-refractivity contribution is -0.137. The van der Waals surface area contributed by atoms with Crippen molar-refractivity contribution >= 4 is 5.91 Å². The summed E-state index contributed by atoms with van der Waals surface area (Å²) < 4.78 is 0. The lowest BCUT2D eigenvalue weighted by Crippen LogP contribution is -2.41. The second kappa shape index (κ2) is 5.29. The van der Waals surface area contributed by atoms with Crippen molar-refractivity contribution in [2.45, 2.75) is 27.2 Å². The molecule has 0 N–H and O–H groups in total. The molecule has 76 valence electrons. The summed E-state index contributed by atoms with van der Waals surface area (Å²) in [5, 5.41) is 8.92. The molecule has 0 aliphatic rings. The predicted molar refractivity (Wildman–Crippen MR) is 55.1 cm³/mol. The fourth-order valence-corrected chi connectivity index (χ4v) is 1.06. The highest BCUT2D eigenvalue weighted by molar-refractivity contribution is 5.85. The molecular weight excluding hydrogens is 176 g/mol. The zero-order valence-corrected chi connectivity index (χ0v) is 9.00. The standard InChI is InChI=1S/C11H16N2O/c1-5-8-13(7-3)10(14)11(4,6-2)9-12/h1H,6-8H2,2-4H3. The van der Waals surface area contributed by atoms with Gasteiger partial charge >= 0.3 is 0 Å². The van der Waals surface area contributed by atoms with E-state index in [1.54, 1.807) is 6.92 Å². The van der Waals surface area contributed by atoms with Crippen LogP contribution in [-0.2, 0) is 4.79 Å². The molecule has 0 rings (SSSR count). The van der Waals surface area contributed by atoms with E-state index in [1.807, 2.05) is 19.9 Å². The zero-order chi connectivity index (χ0) is 11.2. The third kappa shape index (κ3) is 2.50. The monoisotopic (exact) mass is 192 g/mol. The van der Waals surface area contributed by atoms with Gasteiger partial charge in [-0.3, -0.25) is 4.79 Å². The summed E-state index contributed by atoms with van der Waals surface area (Å²) in [5.41, 5.74) is -0.938. The van der Waals surface area contributed by atoms with Crippen molar-refractivity contribution in [3.05, 3.63) is 0 Å². The fourth-order valence-electron chi connectivity index (χ4n) is 1.06. The van der Waals surface area contributed by atoms with Gasteiger partial charge in [0.05, 0.1) is 12.6 Å². The van der Waals surface area contributed by atoms with Gasteiger partial charge in [-0.25, -0.2) is 0 Å². The molecule has 0 aliphatic carbocycles. The van der Waals surface area contributed by atoms with Crippen molar-refractivity contribution in [2.75, 3.05) is 13.1 Å². The van der Waals surface area contributed by atoms with Gasteiger partial charge in [0.15, 0.2) is 0 Å². The summed E-state index contributed by atoms with van der Waals surface area (Å²) in [6.07, 6.45) is 5.65. The number of hydrogen-bond acceptors (Lipinski definition) is 2. The molecule has 3 nitrogen and oxygen atoms in total. The van der Waals surface area contributed by atoms with Crippen molar-refractivity contribution in [2.24, 2.45) is 5.41 Å². The SMILES string of the molecule is C#CCN(CC)C(=O)C(C)(C#N)CC. The first-order valence-electron chi connectivity index (χ1n) is 4.69. The number of nitriles is 1. The summed E-state index contributed by atoms with van der Waals surface area (Å²) in [4.78, 5) is 13.4. The molecule has 1 atom stereocenters. The van der Waals surface area contributed by atoms with E-state index < -0.39 is 5.41 Å². The highest BCUT2D eigenvalue weighted by atomic mass is 16.2. The average molecular weight is 192 g/mol. The van der Waals surface area contributed by atoms with Crippen LogP contribution in [0.1, 0.15) is 27.2 Å². The third-order valence-corrected chi connectivity index (χ3v) is 2.38. The molecular formula is C11H16N2O. The summed E-state index contributed by atoms with van der Waals surface area (Å²) in [6.45, 7) is 6.13. The van der Waals surface area contributed by atoms with E-state index in [0.717, 1.165) is 0 Å². The van der Waals surface area contributed by atoms with Crippen molar-refractivity contribution in [1.29, 1.82) is 5.26 Å². The summed E-state index contributed by atoms with van der Waals surface area (Å²) in [5.74, 6) is 2.24. The minimum absolute atomic E-state index is 0.178. The van der Waals surface area contributed by atoms with Crippen molar-refractivity contribution < 1.29 is 4.79 Å². The van der Waals surface area contributed by atoms with Crippen LogP contribution in [0.25, 0.3) is 0 Å².